The largest absolute Gasteiger partial charge is 0.0491 e. The molecule has 1 atom stereocenters. The summed E-state index contributed by atoms with van der Waals surface area (Å²) in [7, 11) is 0. The Kier molecular flexibility index (Phi) is 0.260. The van der Waals surface area contributed by atoms with Gasteiger partial charge in [0.15, 0.2) is 0 Å². The van der Waals surface area contributed by atoms with E-state index in [1.165, 1.54) is 11.8 Å². The highest BCUT2D eigenvalue weighted by Gasteiger charge is 2.69. The first-order valence-electron chi connectivity index (χ1n) is 3.41. The van der Waals surface area contributed by atoms with Crippen LogP contribution in [0.1, 0.15) is 25.7 Å². The minimum absolute atomic E-state index is 1.00. The molecule has 4 saturated carbocycles. The zero-order valence-corrected chi connectivity index (χ0v) is 4.48. The van der Waals surface area contributed by atoms with Crippen LogP contribution in [0.25, 0.3) is 0 Å². The van der Waals surface area contributed by atoms with Gasteiger partial charge in [-0.2, -0.15) is 0 Å². The molecular formula is C7H10. The highest BCUT2D eigenvalue weighted by molar-refractivity contribution is 5.19. The van der Waals surface area contributed by atoms with Crippen molar-refractivity contribution in [2.75, 3.05) is 0 Å². The molecule has 0 aromatic heterocycles. The van der Waals surface area contributed by atoms with Crippen LogP contribution < -0.4 is 0 Å². The monoisotopic (exact) mass is 94.1 g/mol. The SMILES string of the molecule is C1CC23CC(C2)C13. The van der Waals surface area contributed by atoms with Crippen LogP contribution in [0.5, 0.6) is 0 Å². The lowest BCUT2D eigenvalue weighted by Crippen LogP contribution is -2.67. The Hall–Kier alpha value is 0. The van der Waals surface area contributed by atoms with E-state index in [2.05, 4.69) is 0 Å². The summed E-state index contributed by atoms with van der Waals surface area (Å²) in [6, 6.07) is 0. The first kappa shape index (κ1) is 3.11. The Morgan fingerprint density at radius 1 is 1.29 bits per heavy atom. The molecule has 0 N–H and O–H groups in total. The average molecular weight is 94.2 g/mol. The zero-order chi connectivity index (χ0) is 4.48. The minimum Gasteiger partial charge on any atom is -0.0491 e. The maximum absolute atomic E-state index is 1.62. The van der Waals surface area contributed by atoms with E-state index >= 15 is 0 Å². The predicted octanol–water partition coefficient (Wildman–Crippen LogP) is 1.81. The van der Waals surface area contributed by atoms with E-state index < -0.39 is 0 Å². The topological polar surface area (TPSA) is 0 Å². The summed E-state index contributed by atoms with van der Waals surface area (Å²) >= 11 is 0. The van der Waals surface area contributed by atoms with Crippen molar-refractivity contribution in [2.45, 2.75) is 25.7 Å². The molecule has 2 bridgehead atoms. The predicted molar refractivity (Wildman–Crippen MR) is 27.9 cm³/mol. The minimum atomic E-state index is 1.00. The third kappa shape index (κ3) is 0.142. The average Bonchev–Trinajstić information content (AvgIpc) is 1.52. The Labute approximate surface area is 43.9 Å². The quantitative estimate of drug-likeness (QED) is 0.429. The highest BCUT2D eigenvalue weighted by atomic mass is 14.7. The maximum atomic E-state index is 1.62. The molecule has 0 aliphatic heterocycles. The van der Waals surface area contributed by atoms with Gasteiger partial charge < -0.3 is 0 Å². The molecule has 4 rings (SSSR count). The molecule has 38 valence electrons. The fraction of sp³-hybridized carbons (Fsp3) is 1.00. The van der Waals surface area contributed by atoms with Gasteiger partial charge in [-0.15, -0.1) is 0 Å². The second kappa shape index (κ2) is 0.586. The smallest absolute Gasteiger partial charge is 0.0261 e. The van der Waals surface area contributed by atoms with Crippen molar-refractivity contribution < 1.29 is 0 Å². The van der Waals surface area contributed by atoms with Gasteiger partial charge >= 0.3 is 0 Å². The van der Waals surface area contributed by atoms with E-state index in [0.717, 1.165) is 5.41 Å². The molecule has 0 aromatic carbocycles. The molecule has 0 aromatic rings. The van der Waals surface area contributed by atoms with E-state index in [0.29, 0.717) is 0 Å². The van der Waals surface area contributed by atoms with Crippen molar-refractivity contribution in [3.05, 3.63) is 0 Å². The van der Waals surface area contributed by atoms with Crippen molar-refractivity contribution in [1.29, 1.82) is 0 Å². The van der Waals surface area contributed by atoms with Gasteiger partial charge in [-0.3, -0.25) is 0 Å². The van der Waals surface area contributed by atoms with Crippen molar-refractivity contribution in [1.82, 2.24) is 0 Å². The molecular weight excluding hydrogens is 84.1 g/mol. The van der Waals surface area contributed by atoms with Gasteiger partial charge in [0.2, 0.25) is 0 Å². The van der Waals surface area contributed by atoms with E-state index in [1.54, 1.807) is 25.7 Å². The summed E-state index contributed by atoms with van der Waals surface area (Å²) in [4.78, 5) is 0. The lowest BCUT2D eigenvalue weighted by molar-refractivity contribution is -0.263. The highest BCUT2D eigenvalue weighted by Crippen LogP contribution is 2.78. The molecule has 4 aliphatic rings. The summed E-state index contributed by atoms with van der Waals surface area (Å²) in [5.41, 5.74) is 1.00. The van der Waals surface area contributed by atoms with Gasteiger partial charge in [0, 0.05) is 0 Å². The van der Waals surface area contributed by atoms with Gasteiger partial charge in [0.25, 0.3) is 0 Å². The number of hydrogen-bond acceptors (Lipinski definition) is 0. The third-order valence-corrected chi connectivity index (χ3v) is 3.65. The van der Waals surface area contributed by atoms with Crippen LogP contribution >= 0.6 is 0 Å². The number of rotatable bonds is 0. The first-order valence-corrected chi connectivity index (χ1v) is 3.41. The Morgan fingerprint density at radius 2 is 2.00 bits per heavy atom. The second-order valence-corrected chi connectivity index (χ2v) is 3.68. The van der Waals surface area contributed by atoms with Crippen molar-refractivity contribution in [3.8, 4) is 0 Å². The van der Waals surface area contributed by atoms with E-state index in [9.17, 15) is 0 Å². The summed E-state index contributed by atoms with van der Waals surface area (Å²) in [5, 5.41) is 0. The molecule has 0 amide bonds. The van der Waals surface area contributed by atoms with Crippen molar-refractivity contribution in [2.24, 2.45) is 17.3 Å². The van der Waals surface area contributed by atoms with Gasteiger partial charge in [-0.05, 0) is 42.9 Å². The van der Waals surface area contributed by atoms with Crippen LogP contribution in [0.2, 0.25) is 0 Å². The summed E-state index contributed by atoms with van der Waals surface area (Å²) < 4.78 is 0. The van der Waals surface area contributed by atoms with Crippen LogP contribution in [0.4, 0.5) is 0 Å². The molecule has 7 heavy (non-hydrogen) atoms. The van der Waals surface area contributed by atoms with Crippen molar-refractivity contribution in [3.63, 3.8) is 0 Å². The molecule has 4 aliphatic carbocycles. The Balaban J connectivity index is 2.06. The summed E-state index contributed by atoms with van der Waals surface area (Å²) in [6.07, 6.45) is 6.42. The molecule has 1 unspecified atom stereocenters. The van der Waals surface area contributed by atoms with E-state index in [1.807, 2.05) is 0 Å². The van der Waals surface area contributed by atoms with Crippen LogP contribution in [0.15, 0.2) is 0 Å². The van der Waals surface area contributed by atoms with Crippen LogP contribution in [0, 0.1) is 17.3 Å². The fourth-order valence-electron chi connectivity index (χ4n) is 2.91. The first-order chi connectivity index (χ1) is 3.41. The third-order valence-electron chi connectivity index (χ3n) is 3.65. The molecule has 0 radical (unpaired) electrons. The molecule has 0 nitrogen and oxygen atoms in total. The Bertz CT molecular complexity index is 114. The maximum Gasteiger partial charge on any atom is -0.0261 e. The van der Waals surface area contributed by atoms with Gasteiger partial charge in [-0.25, -0.2) is 0 Å². The number of hydrogen-bond donors (Lipinski definition) is 0. The molecule has 1 spiro atoms. The summed E-state index contributed by atoms with van der Waals surface area (Å²) in [5.74, 6) is 2.49. The standard InChI is InChI=1S/C7H10/c1-2-7-3-5(4-7)6(1)7/h5-6H,1-4H2. The van der Waals surface area contributed by atoms with Crippen LogP contribution in [0.3, 0.4) is 0 Å². The fourth-order valence-corrected chi connectivity index (χ4v) is 2.91. The van der Waals surface area contributed by atoms with E-state index in [-0.39, 0.29) is 0 Å². The molecule has 4 fully saturated rings. The lowest BCUT2D eigenvalue weighted by Gasteiger charge is -2.76. The normalized spacial score (nSPS) is 72.0. The summed E-state index contributed by atoms with van der Waals surface area (Å²) in [6.45, 7) is 0. The molecule has 0 heteroatoms. The van der Waals surface area contributed by atoms with Crippen LogP contribution in [-0.4, -0.2) is 0 Å². The Morgan fingerprint density at radius 3 is 2.00 bits per heavy atom. The second-order valence-electron chi connectivity index (χ2n) is 3.68. The molecule has 0 saturated heterocycles. The van der Waals surface area contributed by atoms with Gasteiger partial charge in [0.1, 0.15) is 0 Å². The van der Waals surface area contributed by atoms with Gasteiger partial charge in [-0.1, -0.05) is 0 Å². The lowest BCUT2D eigenvalue weighted by atomic mass is 9.29. The van der Waals surface area contributed by atoms with E-state index in [4.69, 9.17) is 0 Å². The van der Waals surface area contributed by atoms with Crippen LogP contribution in [-0.2, 0) is 0 Å². The zero-order valence-electron chi connectivity index (χ0n) is 4.48. The van der Waals surface area contributed by atoms with Crippen molar-refractivity contribution >= 4 is 0 Å². The van der Waals surface area contributed by atoms with Gasteiger partial charge in [0.05, 0.1) is 0 Å². The molecule has 0 heterocycles.